The van der Waals surface area contributed by atoms with Gasteiger partial charge in [0.25, 0.3) is 0 Å². The minimum Gasteiger partial charge on any atom is -0.464 e. The van der Waals surface area contributed by atoms with Crippen LogP contribution in [0.5, 0.6) is 0 Å². The number of unbranched alkanes of at least 4 members (excludes halogenated alkanes) is 2. The molecule has 99 heavy (non-hydrogen) atoms. The predicted octanol–water partition coefficient (Wildman–Crippen LogP) is -2.96. The van der Waals surface area contributed by atoms with Gasteiger partial charge < -0.3 is 139 Å². The number of hydrogen-bond acceptors (Lipinski definition) is 33. The minimum atomic E-state index is -2.14. The summed E-state index contributed by atoms with van der Waals surface area (Å²) in [6, 6.07) is 2.90. The van der Waals surface area contributed by atoms with Gasteiger partial charge in [0.15, 0.2) is 37.4 Å². The van der Waals surface area contributed by atoms with Crippen LogP contribution >= 0.6 is 21.6 Å². The highest BCUT2D eigenvalue weighted by atomic mass is 33.1. The van der Waals surface area contributed by atoms with Gasteiger partial charge in [-0.25, -0.2) is 24.2 Å². The van der Waals surface area contributed by atoms with Crippen LogP contribution in [0.2, 0.25) is 0 Å². The Kier molecular flexibility index (Phi) is 36.8. The summed E-state index contributed by atoms with van der Waals surface area (Å²) in [5.41, 5.74) is 0. The van der Waals surface area contributed by atoms with Crippen LogP contribution in [0.1, 0.15) is 90.9 Å². The lowest BCUT2D eigenvalue weighted by Gasteiger charge is -2.45. The summed E-state index contributed by atoms with van der Waals surface area (Å²) in [5.74, 6) is 4.38. The number of methoxy groups -OCH3 is 2. The van der Waals surface area contributed by atoms with Gasteiger partial charge in [-0.05, 0) is 94.6 Å². The molecule has 5 heterocycles. The Hall–Kier alpha value is -4.97. The first-order chi connectivity index (χ1) is 47.6. The number of hydrogen-bond donors (Lipinski definition) is 14. The summed E-state index contributed by atoms with van der Waals surface area (Å²) >= 11 is 0. The molecule has 0 radical (unpaired) electrons. The second kappa shape index (κ2) is 43.9. The van der Waals surface area contributed by atoms with Crippen molar-refractivity contribution in [3.8, 4) is 11.8 Å². The van der Waals surface area contributed by atoms with Gasteiger partial charge in [0.2, 0.25) is 11.8 Å². The van der Waals surface area contributed by atoms with E-state index in [1.807, 2.05) is 12.1 Å². The standard InChI is InChI=1S/C62H97N5O30S2/c1-5-86-55(80)34(20-12-15-24-63-40(68)23-27-98-99-42-22-14-17-26-65-42)66-61(82)96-53-45(72)38(92-57(85-4)51(53)78)30-89-59-50(77)48(75)44(71)37(94-59)29-91-60-52(79)54(46(73)39(95-60)31-90-58-49(76)47(74)43(70)36(93-58)28-84-3)97-62(83)67-35(56(81)87-6-2)21-13-16-25-64-41(69)32-88-33-18-10-8-7-9-11-19-33/h14,17,22,26,33-39,43-54,57-60,70-79H,5-10,12-13,15-16,18,20-21,23-25,27-32H2,1-4H3,(H,63,68)(H,64,69)(H,66,82)(H,67,83)/t33?,34-,35-,36?,37?,38?,39?,43+,44+,45+,46+,47-,48-,49?,50?,51?,52?,53-,54-,57-,58+,59+,60+/m0/s1. The maximum atomic E-state index is 13.7. The van der Waals surface area contributed by atoms with Gasteiger partial charge in [-0.3, -0.25) is 9.59 Å². The van der Waals surface area contributed by atoms with Crippen molar-refractivity contribution < 1.29 is 146 Å². The van der Waals surface area contributed by atoms with Gasteiger partial charge >= 0.3 is 24.1 Å². The van der Waals surface area contributed by atoms with Gasteiger partial charge in [-0.2, -0.15) is 0 Å². The SMILES string of the molecule is CCOC(=O)[C@H](CCCCNC(=O)COC1C#CCCCCC1)NC(=O)O[C@@H]1C(O)[C@H](OCC2O[C@@H](OCC3O[C@H](OC)C(O)[C@@H](OC(=O)N[C@@H](CCCCNC(=O)CCSSc4ccccn4)C(=O)OCC)[C@@H]3O)C(O)[C@@H](O)[C@@H]2O)OC(CO[C@@H]2OC(COC)[C@@H](O)[C@H](O)C2O)[C@H]1O. The zero-order valence-electron chi connectivity index (χ0n) is 55.5. The molecule has 1 aliphatic carbocycles. The zero-order chi connectivity index (χ0) is 72.0. The maximum Gasteiger partial charge on any atom is 0.408 e. The van der Waals surface area contributed by atoms with E-state index in [2.05, 4.69) is 38.1 Å². The van der Waals surface area contributed by atoms with Crippen molar-refractivity contribution in [1.29, 1.82) is 0 Å². The topological polar surface area (TPSA) is 495 Å². The van der Waals surface area contributed by atoms with Crippen LogP contribution < -0.4 is 21.3 Å². The molecule has 1 aromatic heterocycles. The molecule has 4 fully saturated rings. The van der Waals surface area contributed by atoms with Gasteiger partial charge in [-0.15, -0.1) is 5.92 Å². The number of pyridine rings is 1. The molecule has 0 aromatic carbocycles. The first-order valence-corrected chi connectivity index (χ1v) is 35.3. The highest BCUT2D eigenvalue weighted by molar-refractivity contribution is 8.76. The Morgan fingerprint density at radius 2 is 1.07 bits per heavy atom. The minimum absolute atomic E-state index is 0.0348. The summed E-state index contributed by atoms with van der Waals surface area (Å²) in [6.07, 6.45) is -31.9. The first kappa shape index (κ1) is 83.0. The number of rotatable bonds is 38. The predicted molar refractivity (Wildman–Crippen MR) is 341 cm³/mol. The van der Waals surface area contributed by atoms with Crippen LogP contribution in [0, 0.1) is 11.8 Å². The van der Waals surface area contributed by atoms with E-state index in [0.717, 1.165) is 37.8 Å². The van der Waals surface area contributed by atoms with E-state index in [1.54, 1.807) is 19.2 Å². The van der Waals surface area contributed by atoms with Crippen LogP contribution in [-0.4, -0.2) is 312 Å². The number of ether oxygens (including phenoxy) is 14. The third kappa shape index (κ3) is 26.4. The number of aliphatic hydroxyl groups excluding tert-OH is 10. The normalized spacial score (nSPS) is 32.2. The second-order valence-electron chi connectivity index (χ2n) is 23.6. The van der Waals surface area contributed by atoms with Crippen LogP contribution in [0.25, 0.3) is 0 Å². The number of amides is 4. The molecule has 562 valence electrons. The number of nitrogens with one attached hydrogen (secondary N) is 4. The Balaban J connectivity index is 1.06. The van der Waals surface area contributed by atoms with E-state index in [0.29, 0.717) is 31.4 Å². The highest BCUT2D eigenvalue weighted by Gasteiger charge is 2.53. The van der Waals surface area contributed by atoms with E-state index in [-0.39, 0.29) is 83.1 Å². The van der Waals surface area contributed by atoms with Crippen molar-refractivity contribution >= 4 is 57.5 Å². The van der Waals surface area contributed by atoms with Gasteiger partial charge in [0.05, 0.1) is 39.6 Å². The lowest BCUT2D eigenvalue weighted by Crippen LogP contribution is -2.64. The van der Waals surface area contributed by atoms with Crippen LogP contribution in [0.15, 0.2) is 29.4 Å². The second-order valence-corrected chi connectivity index (χ2v) is 26.1. The lowest BCUT2D eigenvalue weighted by molar-refractivity contribution is -0.347. The molecule has 9 unspecified atom stereocenters. The fourth-order valence-electron chi connectivity index (χ4n) is 10.8. The van der Waals surface area contributed by atoms with Crippen molar-refractivity contribution in [1.82, 2.24) is 26.3 Å². The molecule has 1 aromatic rings. The van der Waals surface area contributed by atoms with E-state index < -0.39 is 179 Å². The molecule has 0 spiro atoms. The van der Waals surface area contributed by atoms with Crippen LogP contribution in [-0.2, 0) is 85.5 Å². The molecule has 23 atom stereocenters. The molecule has 37 heteroatoms. The zero-order valence-corrected chi connectivity index (χ0v) is 57.2. The molecule has 35 nitrogen and oxygen atoms in total. The van der Waals surface area contributed by atoms with Crippen molar-refractivity contribution in [2.24, 2.45) is 0 Å². The van der Waals surface area contributed by atoms with E-state index in [4.69, 9.17) is 66.3 Å². The summed E-state index contributed by atoms with van der Waals surface area (Å²) in [7, 11) is 5.34. The monoisotopic (exact) mass is 1460 g/mol. The summed E-state index contributed by atoms with van der Waals surface area (Å²) in [5, 5.41) is 122. The largest absolute Gasteiger partial charge is 0.464 e. The van der Waals surface area contributed by atoms with Crippen LogP contribution in [0.3, 0.4) is 0 Å². The Morgan fingerprint density at radius 1 is 0.576 bits per heavy atom. The third-order valence-electron chi connectivity index (χ3n) is 16.3. The number of aliphatic hydroxyl groups is 10. The average Bonchev–Trinajstić information content (AvgIpc) is 0.806. The van der Waals surface area contributed by atoms with Crippen LogP contribution in [0.4, 0.5) is 9.59 Å². The third-order valence-corrected chi connectivity index (χ3v) is 18.6. The number of esters is 2. The number of carbonyl (C=O) groups is 6. The molecule has 4 saturated heterocycles. The quantitative estimate of drug-likeness (QED) is 0.0103. The fraction of sp³-hybridized carbons (Fsp3) is 0.790. The Bertz CT molecular complexity index is 2660. The van der Waals surface area contributed by atoms with E-state index in [1.165, 1.54) is 35.6 Å². The van der Waals surface area contributed by atoms with Gasteiger partial charge in [0.1, 0.15) is 115 Å². The number of carbonyl (C=O) groups excluding carboxylic acids is 6. The molecule has 4 amide bonds. The van der Waals surface area contributed by atoms with Gasteiger partial charge in [-0.1, -0.05) is 29.2 Å². The summed E-state index contributed by atoms with van der Waals surface area (Å²) < 4.78 is 77.7. The molecule has 0 saturated carbocycles. The molecule has 0 bridgehead atoms. The molecule has 4 aliphatic heterocycles. The summed E-state index contributed by atoms with van der Waals surface area (Å²) in [6.45, 7) is 0.523. The molecule has 6 rings (SSSR count). The number of nitrogens with zero attached hydrogens (tertiary/aromatic N) is 1. The summed E-state index contributed by atoms with van der Waals surface area (Å²) in [4.78, 5) is 82.5. The van der Waals surface area contributed by atoms with Crippen molar-refractivity contribution in [2.75, 3.05) is 79.3 Å². The van der Waals surface area contributed by atoms with E-state index in [9.17, 15) is 79.8 Å². The fourth-order valence-corrected chi connectivity index (χ4v) is 12.7. The van der Waals surface area contributed by atoms with E-state index >= 15 is 0 Å². The van der Waals surface area contributed by atoms with Crippen molar-refractivity contribution in [3.05, 3.63) is 24.4 Å². The highest BCUT2D eigenvalue weighted by Crippen LogP contribution is 2.32. The molecular weight excluding hydrogens is 1360 g/mol. The van der Waals surface area contributed by atoms with Crippen molar-refractivity contribution in [3.63, 3.8) is 0 Å². The number of alkyl carbamates (subject to hydrolysis) is 2. The first-order valence-electron chi connectivity index (χ1n) is 33.0. The van der Waals surface area contributed by atoms with Crippen molar-refractivity contribution in [2.45, 2.75) is 237 Å². The molecule has 14 N–H and O–H groups in total. The molecule has 5 aliphatic rings. The van der Waals surface area contributed by atoms with Gasteiger partial charge in [0, 0.05) is 52.1 Å². The maximum absolute atomic E-state index is 13.7. The molecular formula is C62H97N5O30S2. The number of aromatic nitrogens is 1. The lowest BCUT2D eigenvalue weighted by atomic mass is 9.97. The Morgan fingerprint density at radius 3 is 1.58 bits per heavy atom. The average molecular weight is 1460 g/mol. The Labute approximate surface area is 580 Å². The smallest absolute Gasteiger partial charge is 0.408 e.